The minimum absolute atomic E-state index is 0.0128. The molecule has 0 saturated carbocycles. The fraction of sp³-hybridized carbons (Fsp3) is 0.222. The first kappa shape index (κ1) is 25.1. The lowest BCUT2D eigenvalue weighted by Gasteiger charge is -2.19. The number of hydrogen-bond acceptors (Lipinski definition) is 7. The maximum atomic E-state index is 13.0. The Hall–Kier alpha value is -3.98. The van der Waals surface area contributed by atoms with Crippen LogP contribution in [0, 0.1) is 6.92 Å². The Morgan fingerprint density at radius 3 is 2.42 bits per heavy atom. The fourth-order valence-electron chi connectivity index (χ4n) is 3.75. The summed E-state index contributed by atoms with van der Waals surface area (Å²) in [5.74, 6) is 0.247. The molecular formula is C27H28N6O2S. The van der Waals surface area contributed by atoms with Crippen molar-refractivity contribution in [3.05, 3.63) is 87.8 Å². The highest BCUT2D eigenvalue weighted by atomic mass is 32.1. The SMILES string of the molecule is Cc1c(NC(=O)c2ccc(C(C)(C)C)cc2)cccc1-c1cc(Nc2ccnc(S)n2)c(=O)n(C)n1. The van der Waals surface area contributed by atoms with E-state index in [0.717, 1.165) is 16.7 Å². The van der Waals surface area contributed by atoms with E-state index in [-0.39, 0.29) is 16.9 Å². The van der Waals surface area contributed by atoms with E-state index in [1.807, 2.05) is 49.4 Å². The van der Waals surface area contributed by atoms with Gasteiger partial charge in [-0.05, 0) is 53.8 Å². The predicted molar refractivity (Wildman–Crippen MR) is 145 cm³/mol. The lowest BCUT2D eigenvalue weighted by atomic mass is 9.86. The van der Waals surface area contributed by atoms with Crippen LogP contribution in [-0.4, -0.2) is 25.7 Å². The predicted octanol–water partition coefficient (Wildman–Crippen LogP) is 5.13. The first-order valence-electron chi connectivity index (χ1n) is 11.4. The van der Waals surface area contributed by atoms with Gasteiger partial charge in [-0.15, -0.1) is 12.6 Å². The molecule has 0 aliphatic carbocycles. The number of hydrogen-bond donors (Lipinski definition) is 3. The highest BCUT2D eigenvalue weighted by Gasteiger charge is 2.16. The van der Waals surface area contributed by atoms with Crippen molar-refractivity contribution in [2.45, 2.75) is 38.3 Å². The van der Waals surface area contributed by atoms with E-state index in [1.165, 1.54) is 4.68 Å². The van der Waals surface area contributed by atoms with Crippen molar-refractivity contribution in [3.63, 3.8) is 0 Å². The van der Waals surface area contributed by atoms with Crippen molar-refractivity contribution < 1.29 is 4.79 Å². The first-order valence-corrected chi connectivity index (χ1v) is 11.9. The Balaban J connectivity index is 1.63. The number of aryl methyl sites for hydroxylation is 1. The van der Waals surface area contributed by atoms with Crippen molar-refractivity contribution >= 4 is 35.7 Å². The molecule has 1 amide bonds. The molecule has 4 aromatic rings. The van der Waals surface area contributed by atoms with Crippen LogP contribution in [0.2, 0.25) is 0 Å². The molecule has 4 rings (SSSR count). The third-order valence-corrected chi connectivity index (χ3v) is 6.06. The molecule has 0 aliphatic heterocycles. The Morgan fingerprint density at radius 1 is 1.03 bits per heavy atom. The van der Waals surface area contributed by atoms with Gasteiger partial charge in [0.15, 0.2) is 5.16 Å². The van der Waals surface area contributed by atoms with E-state index in [1.54, 1.807) is 25.4 Å². The molecule has 9 heteroatoms. The summed E-state index contributed by atoms with van der Waals surface area (Å²) in [5, 5.41) is 10.8. The maximum absolute atomic E-state index is 13.0. The summed E-state index contributed by atoms with van der Waals surface area (Å²) in [6, 6.07) is 16.5. The van der Waals surface area contributed by atoms with E-state index < -0.39 is 0 Å². The topological polar surface area (TPSA) is 102 Å². The zero-order valence-electron chi connectivity index (χ0n) is 20.8. The number of amides is 1. The molecule has 0 bridgehead atoms. The summed E-state index contributed by atoms with van der Waals surface area (Å²) in [6.45, 7) is 8.31. The second-order valence-corrected chi connectivity index (χ2v) is 9.90. The normalized spacial score (nSPS) is 11.3. The van der Waals surface area contributed by atoms with Gasteiger partial charge in [0.05, 0.1) is 5.69 Å². The molecule has 36 heavy (non-hydrogen) atoms. The summed E-state index contributed by atoms with van der Waals surface area (Å²) in [6.07, 6.45) is 1.55. The summed E-state index contributed by atoms with van der Waals surface area (Å²) >= 11 is 4.15. The molecule has 184 valence electrons. The third-order valence-electron chi connectivity index (χ3n) is 5.84. The number of carbonyl (C=O) groups excluding carboxylic acids is 1. The molecule has 0 fully saturated rings. The standard InChI is InChI=1S/C27H28N6O2S/c1-16-19(21-15-22(25(35)33(5)32-21)29-23-13-14-28-26(36)31-23)7-6-8-20(16)30-24(34)17-9-11-18(12-10-17)27(2,3)4/h6-15H,1-5H3,(H,30,34)(H2,28,29,31,36). The van der Waals surface area contributed by atoms with Gasteiger partial charge in [0, 0.05) is 30.1 Å². The number of carbonyl (C=O) groups is 1. The van der Waals surface area contributed by atoms with Crippen molar-refractivity contribution in [2.24, 2.45) is 7.05 Å². The van der Waals surface area contributed by atoms with Crippen LogP contribution < -0.4 is 16.2 Å². The molecule has 8 nitrogen and oxygen atoms in total. The average Bonchev–Trinajstić information content (AvgIpc) is 2.83. The van der Waals surface area contributed by atoms with E-state index >= 15 is 0 Å². The Morgan fingerprint density at radius 2 is 1.75 bits per heavy atom. The molecular weight excluding hydrogens is 472 g/mol. The molecule has 0 radical (unpaired) electrons. The highest BCUT2D eigenvalue weighted by Crippen LogP contribution is 2.29. The minimum Gasteiger partial charge on any atom is -0.335 e. The van der Waals surface area contributed by atoms with Crippen LogP contribution in [0.3, 0.4) is 0 Å². The number of benzene rings is 2. The Kier molecular flexibility index (Phi) is 6.94. The van der Waals surface area contributed by atoms with Gasteiger partial charge in [0.2, 0.25) is 0 Å². The van der Waals surface area contributed by atoms with Gasteiger partial charge in [0.1, 0.15) is 11.5 Å². The highest BCUT2D eigenvalue weighted by molar-refractivity contribution is 7.80. The minimum atomic E-state index is -0.307. The number of rotatable bonds is 5. The molecule has 0 saturated heterocycles. The lowest BCUT2D eigenvalue weighted by molar-refractivity contribution is 0.102. The van der Waals surface area contributed by atoms with Crippen molar-refractivity contribution in [3.8, 4) is 11.3 Å². The van der Waals surface area contributed by atoms with E-state index in [0.29, 0.717) is 33.6 Å². The van der Waals surface area contributed by atoms with Gasteiger partial charge < -0.3 is 10.6 Å². The van der Waals surface area contributed by atoms with Crippen LogP contribution in [0.25, 0.3) is 11.3 Å². The second-order valence-electron chi connectivity index (χ2n) is 9.50. The number of aromatic nitrogens is 4. The van der Waals surface area contributed by atoms with E-state index in [9.17, 15) is 9.59 Å². The van der Waals surface area contributed by atoms with Crippen molar-refractivity contribution in [1.82, 2.24) is 19.7 Å². The number of nitrogens with zero attached hydrogens (tertiary/aromatic N) is 4. The molecule has 2 heterocycles. The smallest absolute Gasteiger partial charge is 0.290 e. The number of thiol groups is 1. The monoisotopic (exact) mass is 500 g/mol. The molecule has 0 atom stereocenters. The molecule has 0 spiro atoms. The largest absolute Gasteiger partial charge is 0.335 e. The molecule has 2 aromatic heterocycles. The van der Waals surface area contributed by atoms with Crippen LogP contribution in [0.15, 0.2) is 70.7 Å². The Bertz CT molecular complexity index is 1490. The summed E-state index contributed by atoms with van der Waals surface area (Å²) in [5.41, 5.74) is 4.60. The third kappa shape index (κ3) is 5.46. The van der Waals surface area contributed by atoms with Gasteiger partial charge in [-0.1, -0.05) is 45.0 Å². The molecule has 0 aliphatic rings. The molecule has 2 N–H and O–H groups in total. The first-order chi connectivity index (χ1) is 17.0. The molecule has 2 aromatic carbocycles. The molecule has 0 unspecified atom stereocenters. The maximum Gasteiger partial charge on any atom is 0.290 e. The van der Waals surface area contributed by atoms with Gasteiger partial charge in [-0.3, -0.25) is 9.59 Å². The van der Waals surface area contributed by atoms with Gasteiger partial charge >= 0.3 is 0 Å². The second kappa shape index (κ2) is 9.94. The van der Waals surface area contributed by atoms with Crippen molar-refractivity contribution in [1.29, 1.82) is 0 Å². The number of nitrogens with one attached hydrogen (secondary N) is 2. The van der Waals surface area contributed by atoms with Crippen LogP contribution in [-0.2, 0) is 12.5 Å². The van der Waals surface area contributed by atoms with Crippen LogP contribution in [0.4, 0.5) is 17.2 Å². The quantitative estimate of drug-likeness (QED) is 0.259. The Labute approximate surface area is 215 Å². The summed E-state index contributed by atoms with van der Waals surface area (Å²) in [7, 11) is 1.59. The lowest BCUT2D eigenvalue weighted by Crippen LogP contribution is -2.23. The van der Waals surface area contributed by atoms with Crippen LogP contribution >= 0.6 is 12.6 Å². The average molecular weight is 501 g/mol. The van der Waals surface area contributed by atoms with E-state index in [4.69, 9.17) is 0 Å². The van der Waals surface area contributed by atoms with Crippen LogP contribution in [0.1, 0.15) is 42.3 Å². The number of anilines is 3. The zero-order chi connectivity index (χ0) is 26.0. The summed E-state index contributed by atoms with van der Waals surface area (Å²) in [4.78, 5) is 33.8. The van der Waals surface area contributed by atoms with E-state index in [2.05, 4.69) is 59.1 Å². The fourth-order valence-corrected chi connectivity index (χ4v) is 3.92. The van der Waals surface area contributed by atoms with Gasteiger partial charge in [-0.25, -0.2) is 14.6 Å². The summed E-state index contributed by atoms with van der Waals surface area (Å²) < 4.78 is 1.27. The van der Waals surface area contributed by atoms with Gasteiger partial charge in [-0.2, -0.15) is 5.10 Å². The van der Waals surface area contributed by atoms with Crippen LogP contribution in [0.5, 0.6) is 0 Å². The zero-order valence-corrected chi connectivity index (χ0v) is 21.7. The van der Waals surface area contributed by atoms with Gasteiger partial charge in [0.25, 0.3) is 11.5 Å². The van der Waals surface area contributed by atoms with Crippen molar-refractivity contribution in [2.75, 3.05) is 10.6 Å².